The molecular weight excluding hydrogens is 511 g/mol. The quantitative estimate of drug-likeness (QED) is 0.450. The number of sulfonamides is 2. The number of piperidine rings is 1. The number of aromatic nitrogens is 1. The molecule has 3 N–H and O–H groups in total. The maximum Gasteiger partial charge on any atom is 0.261 e. The third kappa shape index (κ3) is 4.82. The number of benzene rings is 2. The number of likely N-dealkylation sites (N-methyl/N-ethyl adjacent to an activating group) is 1. The second-order valence-corrected chi connectivity index (χ2v) is 11.9. The first-order chi connectivity index (χ1) is 15.5. The lowest BCUT2D eigenvalue weighted by atomic mass is 10.1. The lowest BCUT2D eigenvalue weighted by Crippen LogP contribution is -2.48. The van der Waals surface area contributed by atoms with E-state index in [2.05, 4.69) is 14.4 Å². The molecule has 1 aromatic heterocycles. The molecule has 0 aliphatic carbocycles. The van der Waals surface area contributed by atoms with Crippen molar-refractivity contribution < 1.29 is 21.6 Å². The summed E-state index contributed by atoms with van der Waals surface area (Å²) >= 11 is 12.3. The number of likely N-dealkylation sites (tertiary alicyclic amines) is 1. The van der Waals surface area contributed by atoms with Gasteiger partial charge in [0, 0.05) is 37.6 Å². The van der Waals surface area contributed by atoms with E-state index in [-0.39, 0.29) is 34.4 Å². The summed E-state index contributed by atoms with van der Waals surface area (Å²) in [7, 11) is -6.30. The van der Waals surface area contributed by atoms with Crippen LogP contribution in [-0.2, 0) is 24.8 Å². The number of carbonyl (C=O) groups is 1. The molecule has 1 aliphatic rings. The van der Waals surface area contributed by atoms with Crippen LogP contribution in [-0.4, -0.2) is 52.3 Å². The zero-order valence-electron chi connectivity index (χ0n) is 17.3. The molecule has 1 unspecified atom stereocenters. The number of nitrogens with one attached hydrogen (secondary N) is 3. The second-order valence-electron chi connectivity index (χ2n) is 7.69. The average Bonchev–Trinajstić information content (AvgIpc) is 3.15. The van der Waals surface area contributed by atoms with Crippen LogP contribution in [0.15, 0.2) is 52.4 Å². The third-order valence-electron chi connectivity index (χ3n) is 5.37. The molecule has 1 amide bonds. The fourth-order valence-electron chi connectivity index (χ4n) is 3.65. The number of carbonyl (C=O) groups excluding carboxylic acids is 1. The monoisotopic (exact) mass is 530 g/mol. The molecule has 4 rings (SSSR count). The van der Waals surface area contributed by atoms with E-state index in [0.717, 1.165) is 0 Å². The molecule has 1 saturated heterocycles. The molecule has 3 aromatic rings. The van der Waals surface area contributed by atoms with Crippen molar-refractivity contribution in [1.82, 2.24) is 14.6 Å². The van der Waals surface area contributed by atoms with E-state index in [9.17, 15) is 21.6 Å². The number of nitrogens with zero attached hydrogens (tertiary/aromatic N) is 1. The predicted octanol–water partition coefficient (Wildman–Crippen LogP) is 3.17. The first-order valence-electron chi connectivity index (χ1n) is 9.82. The van der Waals surface area contributed by atoms with E-state index in [0.29, 0.717) is 27.4 Å². The molecule has 0 spiro atoms. The molecule has 1 fully saturated rings. The van der Waals surface area contributed by atoms with Crippen LogP contribution in [0.5, 0.6) is 0 Å². The zero-order chi connectivity index (χ0) is 24.0. The number of anilines is 1. The Morgan fingerprint density at radius 2 is 1.61 bits per heavy atom. The number of amides is 1. The summed E-state index contributed by atoms with van der Waals surface area (Å²) in [4.78, 5) is 15.8. The Kier molecular flexibility index (Phi) is 6.36. The fraction of sp³-hybridized carbons (Fsp3) is 0.250. The van der Waals surface area contributed by atoms with Crippen LogP contribution in [0.4, 0.5) is 5.69 Å². The Balaban J connectivity index is 1.54. The van der Waals surface area contributed by atoms with E-state index in [4.69, 9.17) is 23.2 Å². The summed E-state index contributed by atoms with van der Waals surface area (Å²) in [5.74, 6) is -0.0351. The largest absolute Gasteiger partial charge is 0.358 e. The van der Waals surface area contributed by atoms with Crippen molar-refractivity contribution in [3.05, 3.63) is 52.6 Å². The van der Waals surface area contributed by atoms with E-state index in [1.165, 1.54) is 47.5 Å². The van der Waals surface area contributed by atoms with Crippen molar-refractivity contribution >= 4 is 65.7 Å². The van der Waals surface area contributed by atoms with Gasteiger partial charge in [-0.1, -0.05) is 23.2 Å². The highest BCUT2D eigenvalue weighted by Crippen LogP contribution is 2.35. The highest BCUT2D eigenvalue weighted by Gasteiger charge is 2.27. The molecule has 9 nitrogen and oxygen atoms in total. The van der Waals surface area contributed by atoms with Crippen molar-refractivity contribution in [1.29, 1.82) is 0 Å². The van der Waals surface area contributed by atoms with Gasteiger partial charge in [-0.05, 0) is 42.8 Å². The zero-order valence-corrected chi connectivity index (χ0v) is 20.4. The van der Waals surface area contributed by atoms with Gasteiger partial charge in [-0.3, -0.25) is 9.52 Å². The topological polar surface area (TPSA) is 128 Å². The Labute approximate surface area is 201 Å². The molecule has 0 saturated carbocycles. The lowest BCUT2D eigenvalue weighted by molar-refractivity contribution is -0.132. The minimum atomic E-state index is -4.03. The average molecular weight is 531 g/mol. The summed E-state index contributed by atoms with van der Waals surface area (Å²) in [6.45, 7) is 0.271. The van der Waals surface area contributed by atoms with E-state index >= 15 is 0 Å². The van der Waals surface area contributed by atoms with E-state index in [1.807, 2.05) is 0 Å². The lowest BCUT2D eigenvalue weighted by Gasteiger charge is -2.29. The van der Waals surface area contributed by atoms with Crippen molar-refractivity contribution in [2.75, 3.05) is 18.3 Å². The summed E-state index contributed by atoms with van der Waals surface area (Å²) in [6.07, 6.45) is 2.16. The van der Waals surface area contributed by atoms with Crippen LogP contribution in [0.1, 0.15) is 12.8 Å². The molecular formula is C20H20Cl2N4O5S2. The predicted molar refractivity (Wildman–Crippen MR) is 127 cm³/mol. The number of rotatable bonds is 6. The van der Waals surface area contributed by atoms with Gasteiger partial charge in [0.05, 0.1) is 31.0 Å². The van der Waals surface area contributed by atoms with Crippen LogP contribution >= 0.6 is 23.2 Å². The van der Waals surface area contributed by atoms with Crippen molar-refractivity contribution in [3.8, 4) is 0 Å². The summed E-state index contributed by atoms with van der Waals surface area (Å²) in [6, 6.07) is 7.48. The number of aromatic amines is 1. The smallest absolute Gasteiger partial charge is 0.261 e. The van der Waals surface area contributed by atoms with Gasteiger partial charge in [-0.25, -0.2) is 21.6 Å². The number of fused-ring (bicyclic) bond motifs is 1. The Morgan fingerprint density at radius 1 is 0.970 bits per heavy atom. The van der Waals surface area contributed by atoms with Crippen molar-refractivity contribution in [3.63, 3.8) is 0 Å². The molecule has 2 aromatic carbocycles. The maximum atomic E-state index is 12.9. The first-order valence-corrected chi connectivity index (χ1v) is 13.5. The molecule has 13 heteroatoms. The minimum absolute atomic E-state index is 0.0351. The van der Waals surface area contributed by atoms with Crippen LogP contribution in [0.2, 0.25) is 10.0 Å². The van der Waals surface area contributed by atoms with Gasteiger partial charge in [-0.2, -0.15) is 0 Å². The molecule has 0 bridgehead atoms. The summed E-state index contributed by atoms with van der Waals surface area (Å²) in [5.41, 5.74) is 0.672. The van der Waals surface area contributed by atoms with Crippen LogP contribution in [0.25, 0.3) is 10.9 Å². The van der Waals surface area contributed by atoms with Gasteiger partial charge in [0.15, 0.2) is 0 Å². The van der Waals surface area contributed by atoms with Gasteiger partial charge in [0.25, 0.3) is 10.0 Å². The first kappa shape index (κ1) is 23.8. The minimum Gasteiger partial charge on any atom is -0.358 e. The van der Waals surface area contributed by atoms with Crippen molar-refractivity contribution in [2.45, 2.75) is 28.7 Å². The van der Waals surface area contributed by atoms with Crippen LogP contribution in [0.3, 0.4) is 0 Å². The number of hydrogen-bond donors (Lipinski definition) is 3. The SMILES string of the molecule is CN1CC(NS(=O)(=O)c2ccc(S(=O)(=O)Nc3ccc(Cl)c4c(Cl)c[nH]c34)cc2)CCC1=O. The summed E-state index contributed by atoms with van der Waals surface area (Å²) < 4.78 is 56.2. The fourth-order valence-corrected chi connectivity index (χ4v) is 6.54. The molecule has 2 heterocycles. The van der Waals surface area contributed by atoms with Gasteiger partial charge in [0.2, 0.25) is 15.9 Å². The van der Waals surface area contributed by atoms with E-state index < -0.39 is 26.1 Å². The normalized spacial score (nSPS) is 17.5. The number of halogens is 2. The standard InChI is InChI=1S/C20H20Cl2N4O5S2/c1-26-11-12(2-9-18(26)27)24-32(28,29)13-3-5-14(6-4-13)33(30,31)25-17-8-7-15(21)19-16(22)10-23-20(17)19/h3-8,10,12,23-25H,2,9,11H2,1H3. The van der Waals surface area contributed by atoms with Gasteiger partial charge >= 0.3 is 0 Å². The van der Waals surface area contributed by atoms with E-state index in [1.54, 1.807) is 7.05 Å². The maximum absolute atomic E-state index is 12.9. The van der Waals surface area contributed by atoms with Gasteiger partial charge in [0.1, 0.15) is 0 Å². The Morgan fingerprint density at radius 3 is 2.24 bits per heavy atom. The molecule has 176 valence electrons. The molecule has 33 heavy (non-hydrogen) atoms. The van der Waals surface area contributed by atoms with Gasteiger partial charge in [-0.15, -0.1) is 0 Å². The molecule has 1 aliphatic heterocycles. The van der Waals surface area contributed by atoms with Gasteiger partial charge < -0.3 is 9.88 Å². The van der Waals surface area contributed by atoms with Crippen molar-refractivity contribution in [2.24, 2.45) is 0 Å². The Hall–Kier alpha value is -2.31. The highest BCUT2D eigenvalue weighted by atomic mass is 35.5. The second kappa shape index (κ2) is 8.80. The van der Waals surface area contributed by atoms with Crippen LogP contribution < -0.4 is 9.44 Å². The van der Waals surface area contributed by atoms with Crippen LogP contribution in [0, 0.1) is 0 Å². The number of hydrogen-bond acceptors (Lipinski definition) is 5. The Bertz CT molecular complexity index is 1440. The molecule has 1 atom stereocenters. The molecule has 0 radical (unpaired) electrons. The highest BCUT2D eigenvalue weighted by molar-refractivity contribution is 7.92. The number of H-pyrrole nitrogens is 1. The third-order valence-corrected chi connectivity index (χ3v) is 8.90. The summed E-state index contributed by atoms with van der Waals surface area (Å²) in [5, 5.41) is 1.21.